The molecule has 1 aliphatic rings. The molecule has 0 aliphatic carbocycles. The van der Waals surface area contributed by atoms with Gasteiger partial charge in [0.1, 0.15) is 0 Å². The van der Waals surface area contributed by atoms with E-state index in [9.17, 15) is 0 Å². The third-order valence-electron chi connectivity index (χ3n) is 7.06. The molecule has 0 amide bonds. The van der Waals surface area contributed by atoms with Crippen LogP contribution in [0.3, 0.4) is 0 Å². The van der Waals surface area contributed by atoms with E-state index in [2.05, 4.69) is 55.2 Å². The van der Waals surface area contributed by atoms with Gasteiger partial charge in [0.05, 0.1) is 0 Å². The van der Waals surface area contributed by atoms with Crippen LogP contribution in [0.15, 0.2) is 24.3 Å². The number of fused-ring (bicyclic) bond motifs is 1. The van der Waals surface area contributed by atoms with Crippen LogP contribution in [0.25, 0.3) is 0 Å². The zero-order chi connectivity index (χ0) is 23.0. The average molecular weight is 564 g/mol. The van der Waals surface area contributed by atoms with Gasteiger partial charge < -0.3 is 0 Å². The van der Waals surface area contributed by atoms with Crippen LogP contribution in [0.5, 0.6) is 11.5 Å². The Labute approximate surface area is 204 Å². The molecule has 0 fully saturated rings. The first-order chi connectivity index (χ1) is 15.6. The minimum absolute atomic E-state index is 0.802. The molecule has 5 heteroatoms. The predicted octanol–water partition coefficient (Wildman–Crippen LogP) is 7.34. The Bertz CT molecular complexity index is 805. The molecule has 32 heavy (non-hydrogen) atoms. The molecule has 0 bridgehead atoms. The van der Waals surface area contributed by atoms with Gasteiger partial charge >= 0.3 is 205 Å². The molecule has 0 saturated heterocycles. The molecular formula is C27H43NO2SSn. The van der Waals surface area contributed by atoms with E-state index in [4.69, 9.17) is 9.47 Å². The van der Waals surface area contributed by atoms with Gasteiger partial charge in [-0.2, -0.15) is 0 Å². The van der Waals surface area contributed by atoms with Crippen molar-refractivity contribution in [1.29, 1.82) is 0 Å². The molecule has 178 valence electrons. The molecule has 2 aromatic rings. The molecule has 0 atom stereocenters. The first-order valence-corrected chi connectivity index (χ1v) is 20.9. The Hall–Kier alpha value is -0.721. The number of ether oxygens (including phenoxy) is 2. The summed E-state index contributed by atoms with van der Waals surface area (Å²) < 4.78 is 17.5. The zero-order valence-electron chi connectivity index (χ0n) is 21.0. The number of hydrogen-bond donors (Lipinski definition) is 0. The fourth-order valence-corrected chi connectivity index (χ4v) is 25.7. The molecular weight excluding hydrogens is 521 g/mol. The average Bonchev–Trinajstić information content (AvgIpc) is 3.38. The summed E-state index contributed by atoms with van der Waals surface area (Å²) in [6.45, 7) is 10.3. The van der Waals surface area contributed by atoms with Crippen LogP contribution in [-0.4, -0.2) is 37.5 Å². The molecule has 0 unspecified atom stereocenters. The first kappa shape index (κ1) is 25.9. The number of benzene rings is 1. The number of methoxy groups -OCH3 is 2. The van der Waals surface area contributed by atoms with Crippen LogP contribution in [0, 0.1) is 0 Å². The maximum atomic E-state index is 5.50. The van der Waals surface area contributed by atoms with Crippen molar-refractivity contribution >= 4 is 32.6 Å². The second-order valence-corrected chi connectivity index (χ2v) is 24.8. The zero-order valence-corrected chi connectivity index (χ0v) is 24.6. The quantitative estimate of drug-likeness (QED) is 0.224. The van der Waals surface area contributed by atoms with Gasteiger partial charge in [-0.3, -0.25) is 0 Å². The molecule has 0 radical (unpaired) electrons. The Balaban J connectivity index is 1.74. The summed E-state index contributed by atoms with van der Waals surface area (Å²) in [6.07, 6.45) is 8.37. The van der Waals surface area contributed by atoms with Crippen molar-refractivity contribution in [1.82, 2.24) is 4.90 Å². The second kappa shape index (κ2) is 12.7. The van der Waals surface area contributed by atoms with Gasteiger partial charge in [-0.15, -0.1) is 0 Å². The summed E-state index contributed by atoms with van der Waals surface area (Å²) in [4.78, 5) is 4.22. The second-order valence-electron chi connectivity index (χ2n) is 9.48. The van der Waals surface area contributed by atoms with Crippen molar-refractivity contribution in [2.45, 2.75) is 92.2 Å². The predicted molar refractivity (Wildman–Crippen MR) is 141 cm³/mol. The van der Waals surface area contributed by atoms with E-state index in [1.165, 1.54) is 44.1 Å². The third kappa shape index (κ3) is 6.24. The van der Waals surface area contributed by atoms with E-state index in [1.54, 1.807) is 38.0 Å². The van der Waals surface area contributed by atoms with Crippen LogP contribution < -0.4 is 12.4 Å². The Morgan fingerprint density at radius 1 is 0.844 bits per heavy atom. The SMILES string of the molecule is CCC[CH2][Sn]([CH2]CCC)([CH2]CCC)[c]1cc2c(s1)CN(Cc1ccc(OC)c(OC)c1)C2. The van der Waals surface area contributed by atoms with E-state index in [-0.39, 0.29) is 0 Å². The van der Waals surface area contributed by atoms with E-state index >= 15 is 0 Å². The molecule has 0 saturated carbocycles. The van der Waals surface area contributed by atoms with Crippen molar-refractivity contribution in [2.75, 3.05) is 14.2 Å². The van der Waals surface area contributed by atoms with Crippen LogP contribution in [0.1, 0.15) is 75.3 Å². The fourth-order valence-electron chi connectivity index (χ4n) is 5.13. The van der Waals surface area contributed by atoms with Crippen molar-refractivity contribution in [2.24, 2.45) is 0 Å². The Morgan fingerprint density at radius 3 is 2.00 bits per heavy atom. The number of rotatable bonds is 14. The Kier molecular flexibility index (Phi) is 10.2. The number of hydrogen-bond acceptors (Lipinski definition) is 4. The summed E-state index contributed by atoms with van der Waals surface area (Å²) in [7, 11) is 3.41. The van der Waals surface area contributed by atoms with Crippen LogP contribution in [-0.2, 0) is 19.6 Å². The number of unbranched alkanes of at least 4 members (excludes halogenated alkanes) is 3. The molecule has 1 aliphatic heterocycles. The summed E-state index contributed by atoms with van der Waals surface area (Å²) in [6, 6.07) is 9.00. The van der Waals surface area contributed by atoms with E-state index < -0.39 is 18.4 Å². The van der Waals surface area contributed by atoms with Crippen LogP contribution in [0.2, 0.25) is 13.3 Å². The van der Waals surface area contributed by atoms with E-state index in [1.807, 2.05) is 8.96 Å². The molecule has 3 nitrogen and oxygen atoms in total. The number of thiophene rings is 1. The van der Waals surface area contributed by atoms with Gasteiger partial charge in [0.15, 0.2) is 0 Å². The molecule has 0 N–H and O–H groups in total. The van der Waals surface area contributed by atoms with E-state index in [0.29, 0.717) is 0 Å². The Morgan fingerprint density at radius 2 is 1.47 bits per heavy atom. The van der Waals surface area contributed by atoms with Gasteiger partial charge in [-0.25, -0.2) is 0 Å². The van der Waals surface area contributed by atoms with Crippen molar-refractivity contribution in [3.8, 4) is 11.5 Å². The summed E-state index contributed by atoms with van der Waals surface area (Å²) in [5.74, 6) is 1.62. The number of nitrogens with zero attached hydrogens (tertiary/aromatic N) is 1. The third-order valence-corrected chi connectivity index (χ3v) is 26.4. The van der Waals surface area contributed by atoms with Gasteiger partial charge in [0.2, 0.25) is 0 Å². The fraction of sp³-hybridized carbons (Fsp3) is 0.630. The molecule has 1 aromatic carbocycles. The molecule has 1 aromatic heterocycles. The van der Waals surface area contributed by atoms with Crippen molar-refractivity contribution in [3.63, 3.8) is 0 Å². The molecule has 2 heterocycles. The monoisotopic (exact) mass is 565 g/mol. The summed E-state index contributed by atoms with van der Waals surface area (Å²) in [5.41, 5.74) is 2.91. The first-order valence-electron chi connectivity index (χ1n) is 12.6. The van der Waals surface area contributed by atoms with Gasteiger partial charge in [-0.05, 0) is 0 Å². The van der Waals surface area contributed by atoms with E-state index in [0.717, 1.165) is 31.1 Å². The van der Waals surface area contributed by atoms with Gasteiger partial charge in [0, 0.05) is 0 Å². The standard InChI is InChI=1S/C15H16NO2S.3C4H9.Sn/c1-17-13-4-3-11(7-14(13)18-2)8-16-9-12-5-6-19-15(12)10-16;3*1-3-4-2;/h3-5,7H,8-10H2,1-2H3;3*1,3-4H2,2H3;. The van der Waals surface area contributed by atoms with Crippen LogP contribution in [0.4, 0.5) is 0 Å². The summed E-state index contributed by atoms with van der Waals surface area (Å²) >= 11 is -0.0756. The van der Waals surface area contributed by atoms with Gasteiger partial charge in [0.25, 0.3) is 0 Å². The molecule has 0 spiro atoms. The summed E-state index contributed by atoms with van der Waals surface area (Å²) in [5, 5.41) is 0. The van der Waals surface area contributed by atoms with Crippen molar-refractivity contribution in [3.05, 3.63) is 40.3 Å². The molecule has 3 rings (SSSR count). The minimum atomic E-state index is -2.29. The van der Waals surface area contributed by atoms with Gasteiger partial charge in [-0.1, -0.05) is 0 Å². The maximum absolute atomic E-state index is 5.50. The topological polar surface area (TPSA) is 21.7 Å². The van der Waals surface area contributed by atoms with Crippen molar-refractivity contribution < 1.29 is 9.47 Å². The van der Waals surface area contributed by atoms with Crippen LogP contribution >= 0.6 is 11.3 Å². The normalized spacial score (nSPS) is 14.0.